The fourth-order valence-electron chi connectivity index (χ4n) is 3.76. The van der Waals surface area contributed by atoms with Gasteiger partial charge in [-0.25, -0.2) is 0 Å². The second-order valence-electron chi connectivity index (χ2n) is 6.30. The molecule has 2 atom stereocenters. The maximum atomic E-state index is 11.3. The third kappa shape index (κ3) is 3.46. The van der Waals surface area contributed by atoms with Crippen molar-refractivity contribution in [2.45, 2.75) is 77.6 Å². The van der Waals surface area contributed by atoms with Crippen LogP contribution in [0, 0.1) is 11.8 Å². The van der Waals surface area contributed by atoms with Crippen molar-refractivity contribution in [1.29, 1.82) is 0 Å². The zero-order valence-corrected chi connectivity index (χ0v) is 11.9. The first-order valence-electron chi connectivity index (χ1n) is 7.99. The van der Waals surface area contributed by atoms with E-state index in [4.69, 9.17) is 0 Å². The average Bonchev–Trinajstić information content (AvgIpc) is 2.65. The highest BCUT2D eigenvalue weighted by Crippen LogP contribution is 2.40. The molecule has 0 radical (unpaired) electrons. The highest BCUT2D eigenvalue weighted by Gasteiger charge is 2.30. The quantitative estimate of drug-likeness (QED) is 0.468. The lowest BCUT2D eigenvalue weighted by Gasteiger charge is -2.14. The van der Waals surface area contributed by atoms with Crippen molar-refractivity contribution in [3.8, 4) is 0 Å². The molecule has 1 nitrogen and oxygen atoms in total. The van der Waals surface area contributed by atoms with Gasteiger partial charge in [0.2, 0.25) is 0 Å². The zero-order chi connectivity index (χ0) is 12.8. The summed E-state index contributed by atoms with van der Waals surface area (Å²) in [5.74, 6) is 0.820. The molecular formula is C17H28O. The lowest BCUT2D eigenvalue weighted by Crippen LogP contribution is -2.09. The second-order valence-corrected chi connectivity index (χ2v) is 6.30. The maximum Gasteiger partial charge on any atom is 0.127 e. The Morgan fingerprint density at radius 2 is 1.44 bits per heavy atom. The third-order valence-electron chi connectivity index (χ3n) is 4.86. The molecule has 2 aliphatic carbocycles. The van der Waals surface area contributed by atoms with Gasteiger partial charge in [-0.05, 0) is 38.0 Å². The number of hydrogen-bond donors (Lipinski definition) is 0. The van der Waals surface area contributed by atoms with E-state index >= 15 is 0 Å². The number of carbonyl (C=O) groups is 1. The molecule has 0 amide bonds. The molecule has 0 spiro atoms. The van der Waals surface area contributed by atoms with E-state index in [1.165, 1.54) is 82.5 Å². The summed E-state index contributed by atoms with van der Waals surface area (Å²) in [7, 11) is 0. The van der Waals surface area contributed by atoms with Crippen molar-refractivity contribution in [1.82, 2.24) is 0 Å². The molecule has 0 aromatic carbocycles. The number of allylic oxidation sites excluding steroid dienone is 2. The normalized spacial score (nSPS) is 31.4. The maximum absolute atomic E-state index is 11.3. The molecule has 0 heterocycles. The molecule has 18 heavy (non-hydrogen) atoms. The minimum Gasteiger partial charge on any atom is -0.303 e. The van der Waals surface area contributed by atoms with E-state index in [2.05, 4.69) is 6.92 Å². The van der Waals surface area contributed by atoms with Crippen LogP contribution in [0.3, 0.4) is 0 Å². The topological polar surface area (TPSA) is 17.1 Å². The van der Waals surface area contributed by atoms with Crippen LogP contribution >= 0.6 is 0 Å². The van der Waals surface area contributed by atoms with E-state index in [1.807, 2.05) is 0 Å². The summed E-state index contributed by atoms with van der Waals surface area (Å²) in [5, 5.41) is 0. The summed E-state index contributed by atoms with van der Waals surface area (Å²) in [6, 6.07) is 0. The first kappa shape index (κ1) is 13.8. The number of aldehydes is 1. The molecule has 2 rings (SSSR count). The Labute approximate surface area is 112 Å². The van der Waals surface area contributed by atoms with E-state index in [0.29, 0.717) is 5.92 Å². The van der Waals surface area contributed by atoms with Gasteiger partial charge in [0, 0.05) is 5.92 Å². The van der Waals surface area contributed by atoms with E-state index in [1.54, 1.807) is 5.57 Å². The predicted octanol–water partition coefficient (Wildman–Crippen LogP) is 5.05. The van der Waals surface area contributed by atoms with Crippen LogP contribution in [-0.4, -0.2) is 6.29 Å². The molecular weight excluding hydrogens is 220 g/mol. The molecule has 0 aliphatic heterocycles. The highest BCUT2D eigenvalue weighted by atomic mass is 16.1. The smallest absolute Gasteiger partial charge is 0.127 e. The molecule has 0 aromatic heterocycles. The summed E-state index contributed by atoms with van der Waals surface area (Å²) in [6.07, 6.45) is 15.9. The van der Waals surface area contributed by atoms with Crippen LogP contribution < -0.4 is 0 Å². The van der Waals surface area contributed by atoms with Crippen LogP contribution in [0.1, 0.15) is 77.6 Å². The molecule has 0 aromatic rings. The average molecular weight is 248 g/mol. The standard InChI is InChI=1S/C17H28O/c1-14-12-15-10-8-6-4-2-3-5-7-9-11-16(15)17(14)13-18/h13-14,17H,2-12H2,1H3. The number of carbonyl (C=O) groups excluding carboxylic acids is 1. The Balaban J connectivity index is 2.03. The molecule has 2 unspecified atom stereocenters. The highest BCUT2D eigenvalue weighted by molar-refractivity contribution is 5.61. The van der Waals surface area contributed by atoms with Gasteiger partial charge >= 0.3 is 0 Å². The Morgan fingerprint density at radius 1 is 0.889 bits per heavy atom. The number of rotatable bonds is 1. The van der Waals surface area contributed by atoms with Gasteiger partial charge in [-0.3, -0.25) is 0 Å². The van der Waals surface area contributed by atoms with Crippen LogP contribution in [0.15, 0.2) is 11.1 Å². The van der Waals surface area contributed by atoms with Crippen LogP contribution in [0.5, 0.6) is 0 Å². The fourth-order valence-corrected chi connectivity index (χ4v) is 3.76. The van der Waals surface area contributed by atoms with Crippen molar-refractivity contribution >= 4 is 6.29 Å². The van der Waals surface area contributed by atoms with E-state index < -0.39 is 0 Å². The lowest BCUT2D eigenvalue weighted by atomic mass is 9.90. The van der Waals surface area contributed by atoms with Gasteiger partial charge < -0.3 is 4.79 Å². The van der Waals surface area contributed by atoms with Crippen LogP contribution in [0.4, 0.5) is 0 Å². The van der Waals surface area contributed by atoms with Crippen LogP contribution in [-0.2, 0) is 4.79 Å². The van der Waals surface area contributed by atoms with Crippen molar-refractivity contribution in [3.05, 3.63) is 11.1 Å². The molecule has 2 aliphatic rings. The minimum atomic E-state index is 0.253. The van der Waals surface area contributed by atoms with Crippen molar-refractivity contribution < 1.29 is 4.79 Å². The van der Waals surface area contributed by atoms with Gasteiger partial charge in [0.25, 0.3) is 0 Å². The summed E-state index contributed by atoms with van der Waals surface area (Å²) < 4.78 is 0. The Hall–Kier alpha value is -0.590. The van der Waals surface area contributed by atoms with Gasteiger partial charge in [-0.1, -0.05) is 56.6 Å². The van der Waals surface area contributed by atoms with Crippen LogP contribution in [0.25, 0.3) is 0 Å². The predicted molar refractivity (Wildman–Crippen MR) is 76.5 cm³/mol. The second kappa shape index (κ2) is 7.11. The summed E-state index contributed by atoms with van der Waals surface area (Å²) in [4.78, 5) is 11.3. The van der Waals surface area contributed by atoms with E-state index in [0.717, 1.165) is 0 Å². The molecule has 102 valence electrons. The van der Waals surface area contributed by atoms with Crippen molar-refractivity contribution in [3.63, 3.8) is 0 Å². The van der Waals surface area contributed by atoms with Crippen molar-refractivity contribution in [2.75, 3.05) is 0 Å². The van der Waals surface area contributed by atoms with Gasteiger partial charge in [0.1, 0.15) is 6.29 Å². The first-order chi connectivity index (χ1) is 8.83. The largest absolute Gasteiger partial charge is 0.303 e. The lowest BCUT2D eigenvalue weighted by molar-refractivity contribution is -0.111. The molecule has 0 saturated carbocycles. The van der Waals surface area contributed by atoms with Gasteiger partial charge in [0.05, 0.1) is 0 Å². The zero-order valence-electron chi connectivity index (χ0n) is 11.9. The van der Waals surface area contributed by atoms with E-state index in [-0.39, 0.29) is 5.92 Å². The Bertz CT molecular complexity index is 303. The molecule has 0 N–H and O–H groups in total. The Kier molecular flexibility index (Phi) is 5.46. The van der Waals surface area contributed by atoms with Gasteiger partial charge in [-0.15, -0.1) is 0 Å². The van der Waals surface area contributed by atoms with Crippen LogP contribution in [0.2, 0.25) is 0 Å². The fraction of sp³-hybridized carbons (Fsp3) is 0.824. The summed E-state index contributed by atoms with van der Waals surface area (Å²) in [5.41, 5.74) is 3.19. The monoisotopic (exact) mass is 248 g/mol. The number of hydrogen-bond acceptors (Lipinski definition) is 1. The first-order valence-corrected chi connectivity index (χ1v) is 7.99. The molecule has 0 saturated heterocycles. The third-order valence-corrected chi connectivity index (χ3v) is 4.86. The van der Waals surface area contributed by atoms with Crippen molar-refractivity contribution in [2.24, 2.45) is 11.8 Å². The van der Waals surface area contributed by atoms with Gasteiger partial charge in [0.15, 0.2) is 0 Å². The molecule has 0 fully saturated rings. The Morgan fingerprint density at radius 3 is 2.06 bits per heavy atom. The minimum absolute atomic E-state index is 0.253. The SMILES string of the molecule is CC1CC2=C(CCCCCCCCCC2)C1C=O. The molecule has 1 heteroatoms. The molecule has 0 bridgehead atoms. The van der Waals surface area contributed by atoms with E-state index in [9.17, 15) is 4.79 Å². The summed E-state index contributed by atoms with van der Waals surface area (Å²) >= 11 is 0. The summed E-state index contributed by atoms with van der Waals surface area (Å²) in [6.45, 7) is 2.25. The van der Waals surface area contributed by atoms with Gasteiger partial charge in [-0.2, -0.15) is 0 Å².